The molecule has 0 heterocycles. The molecule has 0 aromatic heterocycles. The number of hydrogen-bond donors (Lipinski definition) is 1. The van der Waals surface area contributed by atoms with E-state index < -0.39 is 24.5 Å². The van der Waals surface area contributed by atoms with Crippen molar-refractivity contribution in [2.75, 3.05) is 0 Å². The molecule has 0 bridgehead atoms. The molecule has 10 heteroatoms. The van der Waals surface area contributed by atoms with Crippen molar-refractivity contribution in [1.82, 2.24) is 0 Å². The van der Waals surface area contributed by atoms with Gasteiger partial charge in [0.05, 0.1) is 12.2 Å². The van der Waals surface area contributed by atoms with Gasteiger partial charge < -0.3 is 24.9 Å². The summed E-state index contributed by atoms with van der Waals surface area (Å²) < 4.78 is 43.1. The van der Waals surface area contributed by atoms with Gasteiger partial charge in [-0.05, 0) is 29.9 Å². The summed E-state index contributed by atoms with van der Waals surface area (Å²) in [5.74, 6) is 0.254. The summed E-state index contributed by atoms with van der Waals surface area (Å²) in [4.78, 5) is 8.33. The van der Waals surface area contributed by atoms with Crippen molar-refractivity contribution in [3.63, 3.8) is 0 Å². The maximum absolute atomic E-state index is 12.6. The third-order valence-corrected chi connectivity index (χ3v) is 2.80. The Morgan fingerprint density at radius 1 is 1.04 bits per heavy atom. The summed E-state index contributed by atoms with van der Waals surface area (Å²) in [6.45, 7) is -0.271. The quantitative estimate of drug-likeness (QED) is 0.378. The minimum absolute atomic E-state index is 0. The van der Waals surface area contributed by atoms with Crippen LogP contribution in [0.3, 0.4) is 0 Å². The van der Waals surface area contributed by atoms with Crippen molar-refractivity contribution in [3.05, 3.63) is 65.2 Å². The molecule has 5 nitrogen and oxygen atoms in total. The number of aliphatic hydroxyl groups excluding tert-OH is 1. The fourth-order valence-corrected chi connectivity index (χ4v) is 1.76. The second-order valence-electron chi connectivity index (χ2n) is 4.50. The third kappa shape index (κ3) is 12.0. The molecule has 26 heavy (non-hydrogen) atoms. The van der Waals surface area contributed by atoms with Gasteiger partial charge in [-0.1, -0.05) is 30.3 Å². The molecule has 0 saturated heterocycles. The van der Waals surface area contributed by atoms with E-state index in [1.54, 1.807) is 0 Å². The Morgan fingerprint density at radius 2 is 1.58 bits per heavy atom. The molecule has 0 saturated carbocycles. The first kappa shape index (κ1) is 29.6. The van der Waals surface area contributed by atoms with Crippen LogP contribution >= 0.6 is 0 Å². The first-order chi connectivity index (χ1) is 11.2. The molecule has 0 aliphatic carbocycles. The molecule has 0 aliphatic heterocycles. The molecule has 1 N–H and O–H groups in total. The molecule has 0 unspecified atom stereocenters. The molecule has 0 fully saturated rings. The SMILES string of the molecule is O=C([O-])[O-].OCc1cc(C(F)(F)F)ccc1OCc1ccccc1.[Cs+].[Cs+]. The Balaban J connectivity index is 0. The smallest absolute Gasteiger partial charge is 0.652 e. The van der Waals surface area contributed by atoms with Crippen LogP contribution in [0.4, 0.5) is 18.0 Å². The molecule has 0 atom stereocenters. The number of carboxylic acid groups (broad SMARTS) is 2. The van der Waals surface area contributed by atoms with E-state index in [4.69, 9.17) is 24.9 Å². The van der Waals surface area contributed by atoms with E-state index in [0.717, 1.165) is 17.7 Å². The van der Waals surface area contributed by atoms with Gasteiger partial charge in [-0.3, -0.25) is 0 Å². The topological polar surface area (TPSA) is 92.7 Å². The van der Waals surface area contributed by atoms with Gasteiger partial charge in [0.1, 0.15) is 12.4 Å². The second-order valence-corrected chi connectivity index (χ2v) is 4.50. The summed E-state index contributed by atoms with van der Waals surface area (Å²) in [5.41, 5.74) is 0.223. The summed E-state index contributed by atoms with van der Waals surface area (Å²) in [7, 11) is 0. The normalized spacial score (nSPS) is 9.69. The molecule has 0 aliphatic rings. The Morgan fingerprint density at radius 3 is 2.04 bits per heavy atom. The predicted octanol–water partition coefficient (Wildman–Crippen LogP) is -4.66. The fourth-order valence-electron chi connectivity index (χ4n) is 1.76. The first-order valence-corrected chi connectivity index (χ1v) is 6.59. The number of rotatable bonds is 4. The van der Waals surface area contributed by atoms with E-state index in [0.29, 0.717) is 0 Å². The van der Waals surface area contributed by atoms with Gasteiger partial charge in [0.15, 0.2) is 0 Å². The summed E-state index contributed by atoms with van der Waals surface area (Å²) in [6, 6.07) is 12.3. The molecule has 2 aromatic carbocycles. The summed E-state index contributed by atoms with van der Waals surface area (Å²) in [5, 5.41) is 25.8. The summed E-state index contributed by atoms with van der Waals surface area (Å²) in [6.07, 6.45) is -6.76. The monoisotopic (exact) mass is 608 g/mol. The van der Waals surface area contributed by atoms with Gasteiger partial charge in [-0.2, -0.15) is 13.2 Å². The van der Waals surface area contributed by atoms with Crippen LogP contribution in [0.2, 0.25) is 0 Å². The zero-order valence-corrected chi connectivity index (χ0v) is 26.8. The van der Waals surface area contributed by atoms with Crippen LogP contribution in [-0.4, -0.2) is 11.3 Å². The number of carbonyl (C=O) groups is 1. The van der Waals surface area contributed by atoms with Crippen LogP contribution in [0.1, 0.15) is 16.7 Å². The molecule has 0 amide bonds. The molecular weight excluding hydrogens is 595 g/mol. The van der Waals surface area contributed by atoms with Gasteiger partial charge in [0, 0.05) is 5.56 Å². The number of halogens is 3. The van der Waals surface area contributed by atoms with E-state index in [1.165, 1.54) is 6.07 Å². The molecule has 130 valence electrons. The average molecular weight is 608 g/mol. The van der Waals surface area contributed by atoms with Crippen molar-refractivity contribution in [1.29, 1.82) is 0 Å². The number of aliphatic hydroxyl groups is 1. The maximum atomic E-state index is 12.6. The Kier molecular flexibility index (Phi) is 17.3. The molecule has 0 radical (unpaired) electrons. The zero-order valence-electron chi connectivity index (χ0n) is 14.2. The molecule has 0 spiro atoms. The van der Waals surface area contributed by atoms with Crippen molar-refractivity contribution < 1.29 is 176 Å². The van der Waals surface area contributed by atoms with Gasteiger partial charge in [0.2, 0.25) is 0 Å². The Labute approximate surface area is 266 Å². The van der Waals surface area contributed by atoms with Gasteiger partial charge in [0.25, 0.3) is 0 Å². The number of benzene rings is 2. The van der Waals surface area contributed by atoms with Gasteiger partial charge >= 0.3 is 144 Å². The minimum atomic E-state index is -4.43. The number of carbonyl (C=O) groups excluding carboxylic acids is 1. The average Bonchev–Trinajstić information content (AvgIpc) is 2.52. The van der Waals surface area contributed by atoms with Crippen LogP contribution in [0, 0.1) is 0 Å². The van der Waals surface area contributed by atoms with Crippen LogP contribution in [0.25, 0.3) is 0 Å². The predicted molar refractivity (Wildman–Crippen MR) is 73.5 cm³/mol. The van der Waals surface area contributed by atoms with E-state index in [9.17, 15) is 13.2 Å². The fraction of sp³-hybridized carbons (Fsp3) is 0.188. The van der Waals surface area contributed by atoms with Crippen LogP contribution in [-0.2, 0) is 19.4 Å². The van der Waals surface area contributed by atoms with E-state index in [1.807, 2.05) is 30.3 Å². The first-order valence-electron chi connectivity index (χ1n) is 6.59. The minimum Gasteiger partial charge on any atom is -0.652 e. The van der Waals surface area contributed by atoms with E-state index in [-0.39, 0.29) is 156 Å². The van der Waals surface area contributed by atoms with Crippen LogP contribution < -0.4 is 153 Å². The standard InChI is InChI=1S/C15H13F3O2.CH2O3.2Cs/c16-15(17,18)13-6-7-14(12(8-13)9-19)20-10-11-4-2-1-3-5-11;2-1(3)4;;/h1-8,19H,9-10H2;(H2,2,3,4);;/q;;2*+1/p-2. The van der Waals surface area contributed by atoms with Crippen molar-refractivity contribution >= 4 is 6.16 Å². The largest absolute Gasteiger partial charge is 1.00 e. The second kappa shape index (κ2) is 15.2. The molecular formula is C16H13Cs2F3O5. The Bertz CT molecular complexity index is 663. The van der Waals surface area contributed by atoms with E-state index in [2.05, 4.69) is 0 Å². The number of alkyl halides is 3. The van der Waals surface area contributed by atoms with Crippen molar-refractivity contribution in [2.24, 2.45) is 0 Å². The summed E-state index contributed by atoms with van der Waals surface area (Å²) >= 11 is 0. The molecule has 2 aromatic rings. The van der Waals surface area contributed by atoms with Gasteiger partial charge in [-0.15, -0.1) is 0 Å². The molecule has 2 rings (SSSR count). The van der Waals surface area contributed by atoms with Gasteiger partial charge in [-0.25, -0.2) is 0 Å². The third-order valence-electron chi connectivity index (χ3n) is 2.80. The maximum Gasteiger partial charge on any atom is 1.00 e. The van der Waals surface area contributed by atoms with Crippen molar-refractivity contribution in [2.45, 2.75) is 19.4 Å². The van der Waals surface area contributed by atoms with E-state index >= 15 is 0 Å². The van der Waals surface area contributed by atoms with Crippen LogP contribution in [0.5, 0.6) is 5.75 Å². The number of hydrogen-bond acceptors (Lipinski definition) is 5. The Hall–Kier alpha value is 1.36. The van der Waals surface area contributed by atoms with Crippen LogP contribution in [0.15, 0.2) is 48.5 Å². The van der Waals surface area contributed by atoms with Crippen molar-refractivity contribution in [3.8, 4) is 5.75 Å². The number of ether oxygens (including phenoxy) is 1. The zero-order chi connectivity index (χ0) is 18.2.